The van der Waals surface area contributed by atoms with Crippen LogP contribution in [0, 0.1) is 17.6 Å². The van der Waals surface area contributed by atoms with Crippen LogP contribution in [0.3, 0.4) is 0 Å². The predicted octanol–water partition coefficient (Wildman–Crippen LogP) is 2.65. The molecule has 0 fully saturated rings. The van der Waals surface area contributed by atoms with E-state index < -0.39 is 32.2 Å². The van der Waals surface area contributed by atoms with Crippen LogP contribution in [0.5, 0.6) is 0 Å². The van der Waals surface area contributed by atoms with Crippen LogP contribution in [-0.4, -0.2) is 14.5 Å². The first-order valence-electron chi connectivity index (χ1n) is 6.40. The van der Waals surface area contributed by atoms with Gasteiger partial charge in [-0.1, -0.05) is 13.8 Å². The van der Waals surface area contributed by atoms with E-state index in [4.69, 9.17) is 5.73 Å². The second kappa shape index (κ2) is 6.49. The highest BCUT2D eigenvalue weighted by Crippen LogP contribution is 2.21. The van der Waals surface area contributed by atoms with Crippen molar-refractivity contribution in [3.63, 3.8) is 0 Å². The first-order valence-corrected chi connectivity index (χ1v) is 7.88. The molecule has 0 saturated carbocycles. The van der Waals surface area contributed by atoms with E-state index in [9.17, 15) is 17.2 Å². The summed E-state index contributed by atoms with van der Waals surface area (Å²) in [7, 11) is -4.05. The van der Waals surface area contributed by atoms with Crippen molar-refractivity contribution in [2.45, 2.75) is 44.6 Å². The molecule has 3 N–H and O–H groups in total. The van der Waals surface area contributed by atoms with Crippen molar-refractivity contribution < 1.29 is 17.2 Å². The fourth-order valence-electron chi connectivity index (χ4n) is 1.72. The van der Waals surface area contributed by atoms with Gasteiger partial charge in [0.25, 0.3) is 0 Å². The molecule has 20 heavy (non-hydrogen) atoms. The number of anilines is 1. The molecule has 1 atom stereocenters. The zero-order valence-corrected chi connectivity index (χ0v) is 12.6. The SMILES string of the molecule is CC(C)CCC(C)NS(=O)(=O)c1cc(N)c(F)cc1F. The van der Waals surface area contributed by atoms with E-state index in [-0.39, 0.29) is 6.04 Å². The number of nitrogens with two attached hydrogens (primary N) is 1. The van der Waals surface area contributed by atoms with Gasteiger partial charge in [0.05, 0.1) is 5.69 Å². The van der Waals surface area contributed by atoms with Gasteiger partial charge in [0.1, 0.15) is 16.5 Å². The zero-order valence-electron chi connectivity index (χ0n) is 11.8. The lowest BCUT2D eigenvalue weighted by atomic mass is 10.1. The highest BCUT2D eigenvalue weighted by atomic mass is 32.2. The van der Waals surface area contributed by atoms with Gasteiger partial charge in [0, 0.05) is 12.1 Å². The van der Waals surface area contributed by atoms with Gasteiger partial charge in [-0.05, 0) is 31.7 Å². The first-order chi connectivity index (χ1) is 9.13. The number of hydrogen-bond acceptors (Lipinski definition) is 3. The maximum atomic E-state index is 13.6. The zero-order chi connectivity index (χ0) is 15.5. The Morgan fingerprint density at radius 3 is 2.30 bits per heavy atom. The lowest BCUT2D eigenvalue weighted by molar-refractivity contribution is 0.482. The summed E-state index contributed by atoms with van der Waals surface area (Å²) in [6.07, 6.45) is 1.48. The van der Waals surface area contributed by atoms with Crippen molar-refractivity contribution in [1.29, 1.82) is 0 Å². The third kappa shape index (κ3) is 4.42. The number of rotatable bonds is 6. The van der Waals surface area contributed by atoms with Gasteiger partial charge in [-0.15, -0.1) is 0 Å². The molecule has 0 radical (unpaired) electrons. The quantitative estimate of drug-likeness (QED) is 0.794. The summed E-state index contributed by atoms with van der Waals surface area (Å²) in [6, 6.07) is 0.929. The highest BCUT2D eigenvalue weighted by Gasteiger charge is 2.23. The topological polar surface area (TPSA) is 72.2 Å². The van der Waals surface area contributed by atoms with Gasteiger partial charge in [0.2, 0.25) is 10.0 Å². The van der Waals surface area contributed by atoms with E-state index in [0.29, 0.717) is 18.4 Å². The molecule has 0 aliphatic heterocycles. The normalized spacial score (nSPS) is 13.7. The fraction of sp³-hybridized carbons (Fsp3) is 0.538. The molecule has 1 aromatic carbocycles. The Labute approximate surface area is 118 Å². The van der Waals surface area contributed by atoms with E-state index in [0.717, 1.165) is 12.5 Å². The molecule has 0 spiro atoms. The van der Waals surface area contributed by atoms with Crippen LogP contribution in [0.4, 0.5) is 14.5 Å². The third-order valence-corrected chi connectivity index (χ3v) is 4.48. The number of nitrogens with one attached hydrogen (secondary N) is 1. The van der Waals surface area contributed by atoms with Crippen molar-refractivity contribution in [1.82, 2.24) is 4.72 Å². The molecule has 0 amide bonds. The molecular formula is C13H20F2N2O2S. The second-order valence-electron chi connectivity index (χ2n) is 5.30. The number of hydrogen-bond donors (Lipinski definition) is 2. The molecule has 0 bridgehead atoms. The van der Waals surface area contributed by atoms with Crippen LogP contribution in [-0.2, 0) is 10.0 Å². The van der Waals surface area contributed by atoms with E-state index in [1.54, 1.807) is 6.92 Å². The molecule has 4 nitrogen and oxygen atoms in total. The van der Waals surface area contributed by atoms with E-state index in [2.05, 4.69) is 4.72 Å². The number of benzene rings is 1. The molecule has 1 rings (SSSR count). The summed E-state index contributed by atoms with van der Waals surface area (Å²) in [6.45, 7) is 5.76. The van der Waals surface area contributed by atoms with Crippen molar-refractivity contribution in [3.05, 3.63) is 23.8 Å². The largest absolute Gasteiger partial charge is 0.396 e. The van der Waals surface area contributed by atoms with Gasteiger partial charge >= 0.3 is 0 Å². The van der Waals surface area contributed by atoms with Gasteiger partial charge in [-0.25, -0.2) is 21.9 Å². The number of halogens is 2. The van der Waals surface area contributed by atoms with Crippen LogP contribution in [0.15, 0.2) is 17.0 Å². The van der Waals surface area contributed by atoms with E-state index in [1.165, 1.54) is 0 Å². The lowest BCUT2D eigenvalue weighted by Gasteiger charge is -2.16. The summed E-state index contributed by atoms with van der Waals surface area (Å²) in [5.41, 5.74) is 4.88. The summed E-state index contributed by atoms with van der Waals surface area (Å²) < 4.78 is 53.1. The van der Waals surface area contributed by atoms with Gasteiger partial charge in [-0.2, -0.15) is 0 Å². The minimum Gasteiger partial charge on any atom is -0.396 e. The number of nitrogen functional groups attached to an aromatic ring is 1. The minimum absolute atomic E-state index is 0.340. The van der Waals surface area contributed by atoms with Crippen molar-refractivity contribution >= 4 is 15.7 Å². The van der Waals surface area contributed by atoms with Gasteiger partial charge in [0.15, 0.2) is 0 Å². The average molecular weight is 306 g/mol. The lowest BCUT2D eigenvalue weighted by Crippen LogP contribution is -2.33. The van der Waals surface area contributed by atoms with E-state index >= 15 is 0 Å². The van der Waals surface area contributed by atoms with Gasteiger partial charge in [-0.3, -0.25) is 0 Å². The maximum absolute atomic E-state index is 13.6. The smallest absolute Gasteiger partial charge is 0.243 e. The minimum atomic E-state index is -4.05. The molecule has 1 unspecified atom stereocenters. The van der Waals surface area contributed by atoms with Crippen molar-refractivity contribution in [2.75, 3.05) is 5.73 Å². The average Bonchev–Trinajstić information content (AvgIpc) is 2.30. The van der Waals surface area contributed by atoms with E-state index in [1.807, 2.05) is 13.8 Å². The molecule has 114 valence electrons. The second-order valence-corrected chi connectivity index (χ2v) is 6.98. The number of sulfonamides is 1. The molecule has 1 aromatic rings. The molecule has 0 saturated heterocycles. The van der Waals surface area contributed by atoms with Gasteiger partial charge < -0.3 is 5.73 Å². The fourth-order valence-corrected chi connectivity index (χ4v) is 3.09. The molecule has 7 heteroatoms. The standard InChI is InChI=1S/C13H20F2N2O2S/c1-8(2)4-5-9(3)17-20(18,19)13-7-12(16)10(14)6-11(13)15/h6-9,17H,4-5,16H2,1-3H3. The summed E-state index contributed by atoms with van der Waals surface area (Å²) >= 11 is 0. The van der Waals surface area contributed by atoms with Crippen LogP contribution in [0.25, 0.3) is 0 Å². The molecular weight excluding hydrogens is 286 g/mol. The Bertz CT molecular complexity index is 574. The molecule has 0 aliphatic carbocycles. The Morgan fingerprint density at radius 2 is 1.75 bits per heavy atom. The third-order valence-electron chi connectivity index (χ3n) is 2.87. The highest BCUT2D eigenvalue weighted by molar-refractivity contribution is 7.89. The van der Waals surface area contributed by atoms with Crippen LogP contribution in [0.2, 0.25) is 0 Å². The molecule has 0 aromatic heterocycles. The Morgan fingerprint density at radius 1 is 1.15 bits per heavy atom. The monoisotopic (exact) mass is 306 g/mol. The predicted molar refractivity (Wildman–Crippen MR) is 74.6 cm³/mol. The van der Waals surface area contributed by atoms with Crippen LogP contribution in [0.1, 0.15) is 33.6 Å². The summed E-state index contributed by atoms with van der Waals surface area (Å²) in [4.78, 5) is -0.632. The Kier molecular flexibility index (Phi) is 5.47. The maximum Gasteiger partial charge on any atom is 0.243 e. The Balaban J connectivity index is 2.92. The van der Waals surface area contributed by atoms with Crippen molar-refractivity contribution in [3.8, 4) is 0 Å². The van der Waals surface area contributed by atoms with Crippen LogP contribution < -0.4 is 10.5 Å². The molecule has 0 heterocycles. The first kappa shape index (κ1) is 16.8. The van der Waals surface area contributed by atoms with Crippen molar-refractivity contribution in [2.24, 2.45) is 5.92 Å². The summed E-state index contributed by atoms with van der Waals surface area (Å²) in [5.74, 6) is -1.69. The summed E-state index contributed by atoms with van der Waals surface area (Å²) in [5, 5.41) is 0. The molecule has 0 aliphatic rings. The Hall–Kier alpha value is -1.21. The van der Waals surface area contributed by atoms with Crippen LogP contribution >= 0.6 is 0 Å².